The van der Waals surface area contributed by atoms with Gasteiger partial charge in [-0.2, -0.15) is 13.2 Å². The molecule has 12 heteroatoms. The van der Waals surface area contributed by atoms with Gasteiger partial charge in [0.15, 0.2) is 5.03 Å². The van der Waals surface area contributed by atoms with Gasteiger partial charge >= 0.3 is 5.51 Å². The number of benzene rings is 1. The van der Waals surface area contributed by atoms with Gasteiger partial charge in [0.1, 0.15) is 5.69 Å². The largest absolute Gasteiger partial charge is 0.503 e. The van der Waals surface area contributed by atoms with Gasteiger partial charge in [-0.15, -0.1) is 0 Å². The molecule has 158 valence electrons. The molecule has 1 N–H and O–H groups in total. The third-order valence-corrected chi connectivity index (χ3v) is 5.81. The average Bonchev–Trinajstić information content (AvgIpc) is 2.91. The molecule has 0 aliphatic carbocycles. The summed E-state index contributed by atoms with van der Waals surface area (Å²) in [6, 6.07) is 10.5. The molecule has 0 aliphatic rings. The number of carbonyl (C=O) groups is 1. The highest BCUT2D eigenvalue weighted by molar-refractivity contribution is 7.92. The van der Waals surface area contributed by atoms with E-state index in [1.54, 1.807) is 37.4 Å². The zero-order chi connectivity index (χ0) is 22.3. The highest BCUT2D eigenvalue weighted by Gasteiger charge is 2.49. The zero-order valence-corrected chi connectivity index (χ0v) is 16.5. The minimum Gasteiger partial charge on any atom is -0.316 e. The van der Waals surface area contributed by atoms with E-state index in [1.807, 2.05) is 0 Å². The quantitative estimate of drug-likeness (QED) is 0.671. The van der Waals surface area contributed by atoms with Crippen molar-refractivity contribution >= 4 is 21.4 Å². The fourth-order valence-corrected chi connectivity index (χ4v) is 3.65. The number of carbonyl (C=O) groups excluding carboxylic acids is 1. The molecule has 2 aromatic heterocycles. The van der Waals surface area contributed by atoms with Gasteiger partial charge in [-0.05, 0) is 31.2 Å². The van der Waals surface area contributed by atoms with Crippen molar-refractivity contribution in [1.29, 1.82) is 0 Å². The Balaban J connectivity index is 2.07. The molecular weight excluding hydrogens is 425 g/mol. The maximum absolute atomic E-state index is 12.9. The second-order valence-corrected chi connectivity index (χ2v) is 8.05. The summed E-state index contributed by atoms with van der Waals surface area (Å²) in [6.45, 7) is 1.52. The second-order valence-electron chi connectivity index (χ2n) is 6.20. The van der Waals surface area contributed by atoms with E-state index < -0.39 is 37.4 Å². The highest BCUT2D eigenvalue weighted by Crippen LogP contribution is 2.31. The first-order chi connectivity index (χ1) is 14.0. The number of aromatic nitrogens is 3. The molecule has 3 aromatic rings. The maximum atomic E-state index is 12.9. The molecule has 0 atom stereocenters. The van der Waals surface area contributed by atoms with Gasteiger partial charge in [0.05, 0.1) is 16.9 Å². The van der Waals surface area contributed by atoms with Crippen molar-refractivity contribution < 1.29 is 26.4 Å². The molecule has 30 heavy (non-hydrogen) atoms. The maximum Gasteiger partial charge on any atom is 0.503 e. The molecule has 0 spiro atoms. The van der Waals surface area contributed by atoms with Crippen LogP contribution in [0.5, 0.6) is 0 Å². The molecule has 0 aliphatic heterocycles. The second kappa shape index (κ2) is 7.44. The van der Waals surface area contributed by atoms with Gasteiger partial charge in [-0.3, -0.25) is 14.3 Å². The summed E-state index contributed by atoms with van der Waals surface area (Å²) in [5, 5.41) is 0.787. The van der Waals surface area contributed by atoms with Crippen LogP contribution in [0.15, 0.2) is 58.5 Å². The van der Waals surface area contributed by atoms with Crippen LogP contribution in [-0.2, 0) is 16.9 Å². The summed E-state index contributed by atoms with van der Waals surface area (Å²) in [7, 11) is -4.31. The van der Waals surface area contributed by atoms with Crippen LogP contribution in [0.25, 0.3) is 5.69 Å². The predicted octanol–water partition coefficient (Wildman–Crippen LogP) is 2.43. The summed E-state index contributed by atoms with van der Waals surface area (Å²) < 4.78 is 65.1. The van der Waals surface area contributed by atoms with Crippen LogP contribution in [0.3, 0.4) is 0 Å². The van der Waals surface area contributed by atoms with E-state index in [0.29, 0.717) is 11.4 Å². The van der Waals surface area contributed by atoms with Crippen molar-refractivity contribution in [2.24, 2.45) is 7.05 Å². The number of hydrogen-bond donors (Lipinski definition) is 1. The number of sulfone groups is 1. The lowest BCUT2D eigenvalue weighted by Crippen LogP contribution is -2.28. The molecular formula is C18H15F3N4O4S. The number of para-hydroxylation sites is 1. The van der Waals surface area contributed by atoms with Gasteiger partial charge in [-0.1, -0.05) is 18.2 Å². The van der Waals surface area contributed by atoms with E-state index in [4.69, 9.17) is 0 Å². The SMILES string of the molecule is Cc1c(NC(=O)c2cccnc2S(=O)(=O)C(F)(F)F)c(=O)n(-c2ccccc2)n1C. The number of amides is 1. The summed E-state index contributed by atoms with van der Waals surface area (Å²) in [6.07, 6.45) is 0.825. The molecule has 2 heterocycles. The minimum absolute atomic E-state index is 0.203. The normalized spacial score (nSPS) is 12.0. The number of rotatable bonds is 4. The van der Waals surface area contributed by atoms with Gasteiger partial charge in [0.25, 0.3) is 21.3 Å². The van der Waals surface area contributed by atoms with Crippen LogP contribution in [0, 0.1) is 6.92 Å². The fraction of sp³-hybridized carbons (Fsp3) is 0.167. The number of nitrogens with zero attached hydrogens (tertiary/aromatic N) is 3. The van der Waals surface area contributed by atoms with Crippen molar-refractivity contribution in [1.82, 2.24) is 14.3 Å². The Morgan fingerprint density at radius 2 is 1.73 bits per heavy atom. The van der Waals surface area contributed by atoms with E-state index >= 15 is 0 Å². The fourth-order valence-electron chi connectivity index (χ4n) is 2.78. The van der Waals surface area contributed by atoms with E-state index in [2.05, 4.69) is 10.3 Å². The van der Waals surface area contributed by atoms with Crippen LogP contribution in [0.2, 0.25) is 0 Å². The topological polar surface area (TPSA) is 103 Å². The lowest BCUT2D eigenvalue weighted by Gasteiger charge is -2.11. The van der Waals surface area contributed by atoms with Crippen molar-refractivity contribution in [2.45, 2.75) is 17.5 Å². The summed E-state index contributed by atoms with van der Waals surface area (Å²) in [4.78, 5) is 28.7. The van der Waals surface area contributed by atoms with Crippen LogP contribution < -0.4 is 10.9 Å². The molecule has 0 bridgehead atoms. The molecule has 0 unspecified atom stereocenters. The Hall–Kier alpha value is -3.41. The van der Waals surface area contributed by atoms with Crippen molar-refractivity contribution in [3.05, 3.63) is 70.3 Å². The number of pyridine rings is 1. The molecule has 0 radical (unpaired) electrons. The average molecular weight is 440 g/mol. The van der Waals surface area contributed by atoms with Crippen LogP contribution >= 0.6 is 0 Å². The lowest BCUT2D eigenvalue weighted by molar-refractivity contribution is -0.0438. The van der Waals surface area contributed by atoms with Crippen molar-refractivity contribution in [3.63, 3.8) is 0 Å². The van der Waals surface area contributed by atoms with Crippen molar-refractivity contribution in [3.8, 4) is 5.69 Å². The van der Waals surface area contributed by atoms with E-state index in [1.165, 1.54) is 16.3 Å². The minimum atomic E-state index is -5.87. The number of anilines is 1. The molecule has 1 aromatic carbocycles. The molecule has 0 saturated carbocycles. The lowest BCUT2D eigenvalue weighted by atomic mass is 10.2. The Kier molecular flexibility index (Phi) is 5.29. The third kappa shape index (κ3) is 3.49. The predicted molar refractivity (Wildman–Crippen MR) is 101 cm³/mol. The Bertz CT molecular complexity index is 1280. The molecule has 3 rings (SSSR count). The first-order valence-electron chi connectivity index (χ1n) is 8.38. The van der Waals surface area contributed by atoms with E-state index in [9.17, 15) is 31.2 Å². The van der Waals surface area contributed by atoms with Gasteiger partial charge in [0, 0.05) is 13.2 Å². The van der Waals surface area contributed by atoms with Crippen LogP contribution in [0.4, 0.5) is 18.9 Å². The molecule has 0 saturated heterocycles. The highest BCUT2D eigenvalue weighted by atomic mass is 32.2. The Morgan fingerprint density at radius 3 is 2.33 bits per heavy atom. The van der Waals surface area contributed by atoms with Crippen LogP contribution in [-0.4, -0.2) is 34.2 Å². The van der Waals surface area contributed by atoms with Gasteiger partial charge in [0.2, 0.25) is 0 Å². The van der Waals surface area contributed by atoms with Crippen LogP contribution in [0.1, 0.15) is 16.1 Å². The number of halogens is 3. The number of hydrogen-bond acceptors (Lipinski definition) is 5. The molecule has 1 amide bonds. The first kappa shape index (κ1) is 21.3. The van der Waals surface area contributed by atoms with E-state index in [0.717, 1.165) is 18.3 Å². The first-order valence-corrected chi connectivity index (χ1v) is 9.87. The Morgan fingerprint density at radius 1 is 1.10 bits per heavy atom. The number of nitrogens with one attached hydrogen (secondary N) is 1. The smallest absolute Gasteiger partial charge is 0.316 e. The molecule has 0 fully saturated rings. The van der Waals surface area contributed by atoms with Crippen molar-refractivity contribution in [2.75, 3.05) is 5.32 Å². The third-order valence-electron chi connectivity index (χ3n) is 4.37. The summed E-state index contributed by atoms with van der Waals surface area (Å²) in [5.74, 6) is -1.21. The molecule has 8 nitrogen and oxygen atoms in total. The van der Waals surface area contributed by atoms with Gasteiger partial charge < -0.3 is 5.32 Å². The summed E-state index contributed by atoms with van der Waals surface area (Å²) in [5.41, 5.74) is -6.51. The zero-order valence-electron chi connectivity index (χ0n) is 15.6. The Labute approximate surface area is 168 Å². The number of alkyl halides is 3. The summed E-state index contributed by atoms with van der Waals surface area (Å²) >= 11 is 0. The van der Waals surface area contributed by atoms with Gasteiger partial charge in [-0.25, -0.2) is 18.1 Å². The van der Waals surface area contributed by atoms with E-state index in [-0.39, 0.29) is 5.69 Å². The monoisotopic (exact) mass is 440 g/mol. The standard InChI is InChI=1S/C18H15F3N4O4S/c1-11-14(17(27)25(24(11)2)12-7-4-3-5-8-12)23-15(26)13-9-6-10-22-16(13)30(28,29)18(19,20)21/h3-10H,1-2H3,(H,23,26).